The van der Waals surface area contributed by atoms with Gasteiger partial charge in [-0.05, 0) is 51.8 Å². The van der Waals surface area contributed by atoms with Crippen LogP contribution in [-0.2, 0) is 11.2 Å². The third kappa shape index (κ3) is 4.33. The van der Waals surface area contributed by atoms with Crippen LogP contribution in [0.1, 0.15) is 43.1 Å². The van der Waals surface area contributed by atoms with Crippen LogP contribution in [-0.4, -0.2) is 46.3 Å². The lowest BCUT2D eigenvalue weighted by Crippen LogP contribution is -2.45. The number of carbonyl (C=O) groups is 1. The minimum Gasteiger partial charge on any atom is -0.353 e. The van der Waals surface area contributed by atoms with Gasteiger partial charge >= 0.3 is 0 Å². The monoisotopic (exact) mass is 354 g/mol. The molecule has 26 heavy (non-hydrogen) atoms. The van der Waals surface area contributed by atoms with Crippen LogP contribution < -0.4 is 5.32 Å². The predicted molar refractivity (Wildman–Crippen MR) is 105 cm³/mol. The number of hydrogen-bond donors (Lipinski definition) is 1. The minimum atomic E-state index is 0.109. The number of aryl methyl sites for hydroxylation is 1. The molecular formula is C21H30N4O. The number of aromatic nitrogens is 2. The normalized spacial score (nSPS) is 16.0. The van der Waals surface area contributed by atoms with E-state index in [-0.39, 0.29) is 5.91 Å². The van der Waals surface area contributed by atoms with E-state index in [2.05, 4.69) is 22.2 Å². The van der Waals surface area contributed by atoms with Gasteiger partial charge in [-0.1, -0.05) is 25.1 Å². The van der Waals surface area contributed by atoms with Crippen molar-refractivity contribution in [1.82, 2.24) is 20.0 Å². The van der Waals surface area contributed by atoms with Crippen molar-refractivity contribution in [3.8, 4) is 5.69 Å². The van der Waals surface area contributed by atoms with E-state index in [4.69, 9.17) is 0 Å². The van der Waals surface area contributed by atoms with Crippen molar-refractivity contribution in [2.75, 3.05) is 19.6 Å². The number of carbonyl (C=O) groups excluding carboxylic acids is 1. The number of piperidine rings is 1. The molecule has 1 aliphatic heterocycles. The molecule has 0 saturated carbocycles. The molecule has 0 bridgehead atoms. The lowest BCUT2D eigenvalue weighted by atomic mass is 10.0. The van der Waals surface area contributed by atoms with Crippen molar-refractivity contribution < 1.29 is 4.79 Å². The van der Waals surface area contributed by atoms with E-state index < -0.39 is 0 Å². The van der Waals surface area contributed by atoms with Gasteiger partial charge in [0.2, 0.25) is 5.91 Å². The summed E-state index contributed by atoms with van der Waals surface area (Å²) in [5.41, 5.74) is 4.04. The molecule has 1 N–H and O–H groups in total. The van der Waals surface area contributed by atoms with E-state index in [1.807, 2.05) is 48.9 Å². The van der Waals surface area contributed by atoms with Gasteiger partial charge in [0.1, 0.15) is 0 Å². The Kier molecular flexibility index (Phi) is 6.09. The average Bonchev–Trinajstić information content (AvgIpc) is 2.92. The Morgan fingerprint density at radius 2 is 1.88 bits per heavy atom. The van der Waals surface area contributed by atoms with Crippen molar-refractivity contribution >= 4 is 5.91 Å². The van der Waals surface area contributed by atoms with Crippen molar-refractivity contribution in [3.05, 3.63) is 47.3 Å². The Morgan fingerprint density at radius 3 is 2.54 bits per heavy atom. The quantitative estimate of drug-likeness (QED) is 0.867. The Bertz CT molecular complexity index is 730. The zero-order valence-electron chi connectivity index (χ0n) is 16.2. The Labute approximate surface area is 156 Å². The van der Waals surface area contributed by atoms with Gasteiger partial charge in [-0.25, -0.2) is 4.68 Å². The molecule has 0 atom stereocenters. The molecule has 1 saturated heterocycles. The summed E-state index contributed by atoms with van der Waals surface area (Å²) >= 11 is 0. The first kappa shape index (κ1) is 18.6. The van der Waals surface area contributed by atoms with Gasteiger partial charge < -0.3 is 10.2 Å². The summed E-state index contributed by atoms with van der Waals surface area (Å²) in [7, 11) is 0. The number of amides is 1. The fourth-order valence-electron chi connectivity index (χ4n) is 3.81. The number of nitrogens with zero attached hydrogens (tertiary/aromatic N) is 3. The molecule has 0 spiro atoms. The van der Waals surface area contributed by atoms with E-state index in [9.17, 15) is 4.79 Å². The lowest BCUT2D eigenvalue weighted by molar-refractivity contribution is -0.121. The molecule has 1 aromatic heterocycles. The Hall–Kier alpha value is -2.14. The van der Waals surface area contributed by atoms with E-state index in [1.165, 1.54) is 6.42 Å². The van der Waals surface area contributed by atoms with Gasteiger partial charge in [-0.2, -0.15) is 5.10 Å². The summed E-state index contributed by atoms with van der Waals surface area (Å²) in [6.07, 6.45) is 3.70. The molecule has 1 amide bonds. The van der Waals surface area contributed by atoms with E-state index in [1.54, 1.807) is 0 Å². The highest BCUT2D eigenvalue weighted by molar-refractivity contribution is 5.79. The minimum absolute atomic E-state index is 0.109. The largest absolute Gasteiger partial charge is 0.353 e. The standard InChI is InChI=1S/C21H30N4O/c1-4-12-24-13-10-18(11-14-24)22-21(26)15-20-16(2)23-25(17(20)3)19-8-6-5-7-9-19/h5-9,18H,4,10-15H2,1-3H3,(H,22,26). The number of hydrogen-bond acceptors (Lipinski definition) is 3. The molecule has 0 unspecified atom stereocenters. The maximum absolute atomic E-state index is 12.6. The van der Waals surface area contributed by atoms with Crippen molar-refractivity contribution in [2.24, 2.45) is 0 Å². The first-order valence-electron chi connectivity index (χ1n) is 9.70. The second kappa shape index (κ2) is 8.49. The zero-order chi connectivity index (χ0) is 18.5. The van der Waals surface area contributed by atoms with Gasteiger partial charge in [0.25, 0.3) is 0 Å². The number of benzene rings is 1. The summed E-state index contributed by atoms with van der Waals surface area (Å²) in [4.78, 5) is 15.1. The van der Waals surface area contributed by atoms with Crippen molar-refractivity contribution in [1.29, 1.82) is 0 Å². The Morgan fingerprint density at radius 1 is 1.19 bits per heavy atom. The smallest absolute Gasteiger partial charge is 0.224 e. The molecule has 1 fully saturated rings. The zero-order valence-corrected chi connectivity index (χ0v) is 16.2. The van der Waals surface area contributed by atoms with Crippen molar-refractivity contribution in [2.45, 2.75) is 52.5 Å². The Balaban J connectivity index is 1.61. The van der Waals surface area contributed by atoms with Crippen LogP contribution in [0.5, 0.6) is 0 Å². The van der Waals surface area contributed by atoms with Crippen LogP contribution in [0.3, 0.4) is 0 Å². The van der Waals surface area contributed by atoms with Gasteiger partial charge in [-0.15, -0.1) is 0 Å². The summed E-state index contributed by atoms with van der Waals surface area (Å²) in [5.74, 6) is 0.109. The van der Waals surface area contributed by atoms with Crippen molar-refractivity contribution in [3.63, 3.8) is 0 Å². The summed E-state index contributed by atoms with van der Waals surface area (Å²) in [5, 5.41) is 7.87. The van der Waals surface area contributed by atoms with Gasteiger partial charge in [0, 0.05) is 30.4 Å². The predicted octanol–water partition coefficient (Wildman–Crippen LogP) is 3.02. The van der Waals surface area contributed by atoms with Gasteiger partial charge in [0.05, 0.1) is 17.8 Å². The molecule has 5 nitrogen and oxygen atoms in total. The topological polar surface area (TPSA) is 50.2 Å². The number of rotatable bonds is 6. The van der Waals surface area contributed by atoms with Crippen LogP contribution in [0.25, 0.3) is 5.69 Å². The molecule has 140 valence electrons. The molecule has 0 aliphatic carbocycles. The first-order chi connectivity index (χ1) is 12.6. The van der Waals surface area contributed by atoms with Gasteiger partial charge in [0.15, 0.2) is 0 Å². The molecule has 2 aromatic rings. The molecule has 3 rings (SSSR count). The summed E-state index contributed by atoms with van der Waals surface area (Å²) in [6, 6.07) is 10.4. The van der Waals surface area contributed by atoms with Crippen LogP contribution in [0, 0.1) is 13.8 Å². The number of nitrogens with one attached hydrogen (secondary N) is 1. The summed E-state index contributed by atoms with van der Waals surface area (Å²) < 4.78 is 1.93. The fourth-order valence-corrected chi connectivity index (χ4v) is 3.81. The first-order valence-corrected chi connectivity index (χ1v) is 9.70. The lowest BCUT2D eigenvalue weighted by Gasteiger charge is -2.32. The maximum Gasteiger partial charge on any atom is 0.224 e. The number of likely N-dealkylation sites (tertiary alicyclic amines) is 1. The summed E-state index contributed by atoms with van der Waals surface area (Å²) in [6.45, 7) is 9.58. The maximum atomic E-state index is 12.6. The van der Waals surface area contributed by atoms with Crippen LogP contribution in [0.2, 0.25) is 0 Å². The highest BCUT2D eigenvalue weighted by Gasteiger charge is 2.22. The molecule has 0 radical (unpaired) electrons. The van der Waals surface area contributed by atoms with Crippen LogP contribution >= 0.6 is 0 Å². The average molecular weight is 354 g/mol. The molecule has 5 heteroatoms. The fraction of sp³-hybridized carbons (Fsp3) is 0.524. The third-order valence-electron chi connectivity index (χ3n) is 5.27. The second-order valence-electron chi connectivity index (χ2n) is 7.26. The SMILES string of the molecule is CCCN1CCC(NC(=O)Cc2c(C)nn(-c3ccccc3)c2C)CC1. The highest BCUT2D eigenvalue weighted by Crippen LogP contribution is 2.19. The van der Waals surface area contributed by atoms with E-state index in [0.717, 1.165) is 55.1 Å². The van der Waals surface area contributed by atoms with Gasteiger partial charge in [-0.3, -0.25) is 4.79 Å². The second-order valence-corrected chi connectivity index (χ2v) is 7.26. The molecular weight excluding hydrogens is 324 g/mol. The molecule has 1 aromatic carbocycles. The molecule has 2 heterocycles. The van der Waals surface area contributed by atoms with E-state index >= 15 is 0 Å². The van der Waals surface area contributed by atoms with Crippen LogP contribution in [0.15, 0.2) is 30.3 Å². The highest BCUT2D eigenvalue weighted by atomic mass is 16.1. The van der Waals surface area contributed by atoms with Crippen LogP contribution in [0.4, 0.5) is 0 Å². The third-order valence-corrected chi connectivity index (χ3v) is 5.27. The number of para-hydroxylation sites is 1. The molecule has 1 aliphatic rings. The van der Waals surface area contributed by atoms with E-state index in [0.29, 0.717) is 12.5 Å².